The predicted octanol–water partition coefficient (Wildman–Crippen LogP) is 4.02. The van der Waals surface area contributed by atoms with E-state index in [1.807, 2.05) is 0 Å². The van der Waals surface area contributed by atoms with Gasteiger partial charge in [0, 0.05) is 11.4 Å². The van der Waals surface area contributed by atoms with Crippen LogP contribution in [0.15, 0.2) is 15.0 Å². The number of hydrogen-bond donors (Lipinski definition) is 0. The Morgan fingerprint density at radius 1 is 1.53 bits per heavy atom. The molecule has 0 fully saturated rings. The third kappa shape index (κ3) is 2.51. The molecule has 0 amide bonds. The number of nitro groups is 1. The molecule has 0 saturated heterocycles. The van der Waals surface area contributed by atoms with E-state index >= 15 is 0 Å². The number of alkyl halides is 1. The number of hydrogen-bond acceptors (Lipinski definition) is 3. The molecule has 0 unspecified atom stereocenters. The monoisotopic (exact) mass is 401 g/mol. The highest BCUT2D eigenvalue weighted by Crippen LogP contribution is 2.41. The van der Waals surface area contributed by atoms with Crippen molar-refractivity contribution in [2.24, 2.45) is 0 Å². The minimum Gasteiger partial charge on any atom is -0.494 e. The van der Waals surface area contributed by atoms with E-state index in [2.05, 4.69) is 47.8 Å². The molecule has 0 heterocycles. The lowest BCUT2D eigenvalue weighted by molar-refractivity contribution is -0.385. The number of rotatable bonds is 3. The molecule has 0 aliphatic heterocycles. The zero-order chi connectivity index (χ0) is 11.6. The summed E-state index contributed by atoms with van der Waals surface area (Å²) < 4.78 is 6.25. The van der Waals surface area contributed by atoms with Crippen molar-refractivity contribution in [1.82, 2.24) is 0 Å². The molecular formula is C8H6Br3NO3. The summed E-state index contributed by atoms with van der Waals surface area (Å²) in [6.45, 7) is 0. The van der Waals surface area contributed by atoms with Gasteiger partial charge in [-0.05, 0) is 31.9 Å². The van der Waals surface area contributed by atoms with Gasteiger partial charge in [-0.25, -0.2) is 0 Å². The fourth-order valence-electron chi connectivity index (χ4n) is 1.10. The van der Waals surface area contributed by atoms with Crippen LogP contribution in [0.5, 0.6) is 5.75 Å². The van der Waals surface area contributed by atoms with Crippen molar-refractivity contribution < 1.29 is 9.66 Å². The van der Waals surface area contributed by atoms with Crippen LogP contribution in [0, 0.1) is 10.1 Å². The molecule has 0 bridgehead atoms. The minimum atomic E-state index is -0.425. The molecule has 0 aliphatic carbocycles. The topological polar surface area (TPSA) is 52.4 Å². The Balaban J connectivity index is 3.51. The third-order valence-electron chi connectivity index (χ3n) is 1.79. The second kappa shape index (κ2) is 5.27. The first-order chi connectivity index (χ1) is 7.02. The molecule has 0 aliphatic rings. The minimum absolute atomic E-state index is 0.0476. The van der Waals surface area contributed by atoms with Gasteiger partial charge in [0.1, 0.15) is 5.75 Å². The maximum absolute atomic E-state index is 10.8. The Labute approximate surface area is 112 Å². The van der Waals surface area contributed by atoms with Crippen molar-refractivity contribution >= 4 is 53.5 Å². The van der Waals surface area contributed by atoms with Crippen LogP contribution in [0.2, 0.25) is 0 Å². The lowest BCUT2D eigenvalue weighted by Gasteiger charge is -2.09. The molecule has 0 N–H and O–H groups in total. The molecule has 0 spiro atoms. The van der Waals surface area contributed by atoms with E-state index in [9.17, 15) is 10.1 Å². The van der Waals surface area contributed by atoms with Crippen molar-refractivity contribution in [3.05, 3.63) is 30.7 Å². The number of ether oxygens (including phenoxy) is 1. The Bertz CT molecular complexity index is 409. The molecule has 4 nitrogen and oxygen atoms in total. The number of halogens is 3. The Kier molecular flexibility index (Phi) is 4.54. The van der Waals surface area contributed by atoms with Gasteiger partial charge in [-0.3, -0.25) is 10.1 Å². The van der Waals surface area contributed by atoms with Crippen molar-refractivity contribution in [3.63, 3.8) is 0 Å². The summed E-state index contributed by atoms with van der Waals surface area (Å²) in [4.78, 5) is 10.4. The van der Waals surface area contributed by atoms with Gasteiger partial charge in [0.15, 0.2) is 0 Å². The van der Waals surface area contributed by atoms with Gasteiger partial charge in [-0.1, -0.05) is 15.9 Å². The summed E-state index contributed by atoms with van der Waals surface area (Å²) in [6.07, 6.45) is 0. The summed E-state index contributed by atoms with van der Waals surface area (Å²) in [5, 5.41) is 11.2. The van der Waals surface area contributed by atoms with E-state index < -0.39 is 4.92 Å². The highest BCUT2D eigenvalue weighted by Gasteiger charge is 2.22. The van der Waals surface area contributed by atoms with E-state index in [1.165, 1.54) is 13.2 Å². The summed E-state index contributed by atoms with van der Waals surface area (Å²) in [6, 6.07) is 1.43. The van der Waals surface area contributed by atoms with Gasteiger partial charge in [-0.2, -0.15) is 0 Å². The van der Waals surface area contributed by atoms with Crippen molar-refractivity contribution in [2.45, 2.75) is 5.33 Å². The smallest absolute Gasteiger partial charge is 0.275 e. The predicted molar refractivity (Wildman–Crippen MR) is 67.7 cm³/mol. The highest BCUT2D eigenvalue weighted by atomic mass is 79.9. The standard InChI is InChI=1S/C8H6Br3NO3/c1-15-8-5(10)2-6(12(13)14)4(3-9)7(8)11/h2H,3H2,1H3. The largest absolute Gasteiger partial charge is 0.494 e. The normalized spacial score (nSPS) is 10.1. The summed E-state index contributed by atoms with van der Waals surface area (Å²) in [5.41, 5.74) is 0.603. The Hall–Kier alpha value is -0.140. The fourth-order valence-corrected chi connectivity index (χ4v) is 3.61. The van der Waals surface area contributed by atoms with Crippen LogP contribution in [0.3, 0.4) is 0 Å². The maximum Gasteiger partial charge on any atom is 0.275 e. The number of methoxy groups -OCH3 is 1. The van der Waals surface area contributed by atoms with Gasteiger partial charge < -0.3 is 4.74 Å². The summed E-state index contributed by atoms with van der Waals surface area (Å²) in [5.74, 6) is 0.551. The first-order valence-corrected chi connectivity index (χ1v) is 6.48. The van der Waals surface area contributed by atoms with E-state index in [0.29, 0.717) is 25.6 Å². The molecule has 0 radical (unpaired) electrons. The number of nitro benzene ring substituents is 1. The van der Waals surface area contributed by atoms with Gasteiger partial charge in [-0.15, -0.1) is 0 Å². The molecule has 82 valence electrons. The third-order valence-corrected chi connectivity index (χ3v) is 3.78. The average molecular weight is 404 g/mol. The fraction of sp³-hybridized carbons (Fsp3) is 0.250. The van der Waals surface area contributed by atoms with Gasteiger partial charge in [0.2, 0.25) is 0 Å². The van der Waals surface area contributed by atoms with E-state index in [0.717, 1.165) is 0 Å². The molecule has 1 aromatic carbocycles. The Morgan fingerprint density at radius 3 is 2.53 bits per heavy atom. The quantitative estimate of drug-likeness (QED) is 0.435. The van der Waals surface area contributed by atoms with Crippen molar-refractivity contribution in [1.29, 1.82) is 0 Å². The summed E-state index contributed by atoms with van der Waals surface area (Å²) in [7, 11) is 1.51. The van der Waals surface area contributed by atoms with Crippen LogP contribution in [0.25, 0.3) is 0 Å². The van der Waals surface area contributed by atoms with Crippen LogP contribution in [0.1, 0.15) is 5.56 Å². The van der Waals surface area contributed by atoms with E-state index in [1.54, 1.807) is 0 Å². The van der Waals surface area contributed by atoms with E-state index in [-0.39, 0.29) is 5.69 Å². The van der Waals surface area contributed by atoms with Crippen LogP contribution < -0.4 is 4.74 Å². The van der Waals surface area contributed by atoms with Crippen LogP contribution in [-0.2, 0) is 5.33 Å². The first-order valence-electron chi connectivity index (χ1n) is 3.78. The van der Waals surface area contributed by atoms with Crippen molar-refractivity contribution in [2.75, 3.05) is 7.11 Å². The molecule has 15 heavy (non-hydrogen) atoms. The summed E-state index contributed by atoms with van der Waals surface area (Å²) >= 11 is 9.71. The van der Waals surface area contributed by atoms with Gasteiger partial charge >= 0.3 is 0 Å². The average Bonchev–Trinajstić information content (AvgIpc) is 2.17. The van der Waals surface area contributed by atoms with Crippen LogP contribution >= 0.6 is 47.8 Å². The zero-order valence-corrected chi connectivity index (χ0v) is 12.3. The number of benzene rings is 1. The van der Waals surface area contributed by atoms with Crippen LogP contribution in [-0.4, -0.2) is 12.0 Å². The first kappa shape index (κ1) is 12.9. The molecule has 1 aromatic rings. The SMILES string of the molecule is COc1c(Br)cc([N+](=O)[O-])c(CBr)c1Br. The van der Waals surface area contributed by atoms with E-state index in [4.69, 9.17) is 4.74 Å². The van der Waals surface area contributed by atoms with Gasteiger partial charge in [0.05, 0.1) is 26.5 Å². The zero-order valence-electron chi connectivity index (χ0n) is 7.59. The van der Waals surface area contributed by atoms with Crippen molar-refractivity contribution in [3.8, 4) is 5.75 Å². The molecule has 0 saturated carbocycles. The second-order valence-corrected chi connectivity index (χ2v) is 4.80. The number of nitrogens with zero attached hydrogens (tertiary/aromatic N) is 1. The Morgan fingerprint density at radius 2 is 2.13 bits per heavy atom. The molecule has 1 rings (SSSR count). The highest BCUT2D eigenvalue weighted by molar-refractivity contribution is 9.11. The maximum atomic E-state index is 10.8. The molecular weight excluding hydrogens is 398 g/mol. The molecule has 0 atom stereocenters. The lowest BCUT2D eigenvalue weighted by Crippen LogP contribution is -1.97. The second-order valence-electron chi connectivity index (χ2n) is 2.59. The van der Waals surface area contributed by atoms with Gasteiger partial charge in [0.25, 0.3) is 5.69 Å². The van der Waals surface area contributed by atoms with Crippen LogP contribution in [0.4, 0.5) is 5.69 Å². The molecule has 0 aromatic heterocycles. The molecule has 7 heteroatoms. The lowest BCUT2D eigenvalue weighted by atomic mass is 10.2.